The normalized spacial score (nSPS) is 14.5. The zero-order chi connectivity index (χ0) is 84.2. The molecule has 0 aliphatic carbocycles. The van der Waals surface area contributed by atoms with Crippen LogP contribution in [0.5, 0.6) is 0 Å². The van der Waals surface area contributed by atoms with Crippen LogP contribution in [0.2, 0.25) is 0 Å². The Morgan fingerprint density at radius 3 is 1.08 bits per heavy atom. The second-order valence-corrected chi connectivity index (χ2v) is 30.8. The third-order valence-corrected chi connectivity index (χ3v) is 22.6. The first-order valence-electron chi connectivity index (χ1n) is 39.4. The minimum Gasteiger partial charge on any atom is -0.348 e. The van der Waals surface area contributed by atoms with E-state index in [0.29, 0.717) is 42.4 Å². The number of nitrogens with one attached hydrogen (secondary N) is 2. The van der Waals surface area contributed by atoms with E-state index in [0.717, 1.165) is 171 Å². The molecule has 5 aromatic carbocycles. The van der Waals surface area contributed by atoms with Crippen LogP contribution < -0.4 is 25.4 Å². The standard InChI is InChI=1S/C34H35N5O4S.C32H33N5O3S.C25H28N4O2S/c1-5-7-19-37(20-8-6-2)34-36-30(25-15-11-9-12-16-25)29(44-34)21-27-23(3)28(22-35)33(43)39(32(27)42)38(24(4)40)31(41)26-17-13-10-14-18-26;1-4-6-18-36(19-7-5-2)32-34-28(23-14-10-8-11-15-23)27(41-32)20-25-22(3)26(21-33)31(40)37(30(25)39)35-29(38)24-16-12-9-13-17-24;1-4-6-13-29(14-7-5-2)25-27-22(18-11-9-8-10-12-18)21(32-25)15-19-17(3)20(16-26)24(31)28-23(19)30/h9-18,21H,5-8,19-20H2,1-4H3;8-17,20H,4-7,18-19H2,1-3H3,(H,35,38);8-12,15H,4-7,13-14H2,1-3H3,(H,28,30,31)/b27-21-;25-20-;19-15-. The maximum Gasteiger partial charge on any atom is 0.291 e. The molecule has 26 heteroatoms. The van der Waals surface area contributed by atoms with Gasteiger partial charge in [0.1, 0.15) is 34.9 Å². The summed E-state index contributed by atoms with van der Waals surface area (Å²) in [5, 5.41) is 35.6. The molecule has 6 heterocycles. The molecule has 0 unspecified atom stereocenters. The Morgan fingerprint density at radius 2 is 0.735 bits per heavy atom. The summed E-state index contributed by atoms with van der Waals surface area (Å²) in [4.78, 5) is 142. The van der Waals surface area contributed by atoms with E-state index >= 15 is 0 Å². The first kappa shape index (κ1) is 88.3. The number of hydrazine groups is 2. The molecule has 9 amide bonds. The second-order valence-electron chi connectivity index (χ2n) is 27.8. The summed E-state index contributed by atoms with van der Waals surface area (Å²) in [7, 11) is 0. The number of anilines is 3. The molecule has 0 saturated heterocycles. The number of carbonyl (C=O) groups excluding carboxylic acids is 9. The molecule has 602 valence electrons. The predicted octanol–water partition coefficient (Wildman–Crippen LogP) is 17.7. The number of carbonyl (C=O) groups is 9. The summed E-state index contributed by atoms with van der Waals surface area (Å²) in [6, 6.07) is 51.0. The monoisotopic (exact) mass is 1620 g/mol. The highest BCUT2D eigenvalue weighted by atomic mass is 32.1. The maximum absolute atomic E-state index is 14.1. The smallest absolute Gasteiger partial charge is 0.291 e. The van der Waals surface area contributed by atoms with Crippen molar-refractivity contribution in [3.8, 4) is 52.0 Å². The molecule has 2 N–H and O–H groups in total. The Bertz CT molecular complexity index is 5270. The van der Waals surface area contributed by atoms with Crippen LogP contribution in [0.15, 0.2) is 202 Å². The number of amides is 9. The Morgan fingerprint density at radius 1 is 0.419 bits per heavy atom. The van der Waals surface area contributed by atoms with Gasteiger partial charge in [-0.15, -0.1) is 0 Å². The number of unbranched alkanes of at least 4 members (excludes halogenated alkanes) is 6. The van der Waals surface area contributed by atoms with Gasteiger partial charge in [0, 0.05) is 90.7 Å². The van der Waals surface area contributed by atoms with Crippen LogP contribution in [0, 0.1) is 34.0 Å². The lowest BCUT2D eigenvalue weighted by molar-refractivity contribution is -0.163. The average molecular weight is 1630 g/mol. The summed E-state index contributed by atoms with van der Waals surface area (Å²) >= 11 is 4.43. The molecule has 8 aromatic rings. The maximum atomic E-state index is 14.1. The van der Waals surface area contributed by atoms with Crippen molar-refractivity contribution in [2.24, 2.45) is 0 Å². The fourth-order valence-corrected chi connectivity index (χ4v) is 16.0. The van der Waals surface area contributed by atoms with Gasteiger partial charge in [0.05, 0.1) is 31.7 Å². The SMILES string of the molecule is CCCCN(CCCC)c1nc(-c2ccccc2)c(/C=C2\C(=O)N(N(C(C)=O)C(=O)c3ccccc3)C(=O)C(C#N)=C2C)s1.CCCCN(CCCC)c1nc(-c2ccccc2)c(/C=C2\C(=O)N(NC(=O)c3ccccc3)C(=O)C(C#N)=C2C)s1.CCCCN(CCCC)c1nc(-c2ccccc2)c(/C=C2\C(=O)NC(=O)C(C#N)=C2C)s1. The number of hydrogen-bond acceptors (Lipinski definition) is 21. The van der Waals surface area contributed by atoms with Crippen molar-refractivity contribution in [1.29, 1.82) is 15.8 Å². The Hall–Kier alpha value is -12.7. The molecule has 3 aliphatic heterocycles. The number of rotatable bonds is 31. The second kappa shape index (κ2) is 43.2. The lowest BCUT2D eigenvalue weighted by atomic mass is 9.95. The number of imide groups is 4. The minimum absolute atomic E-state index is 0.0225. The molecule has 0 bridgehead atoms. The molecule has 3 aliphatic rings. The van der Waals surface area contributed by atoms with Crippen LogP contribution in [-0.4, -0.2) is 122 Å². The summed E-state index contributed by atoms with van der Waals surface area (Å²) in [5.41, 5.74) is 8.39. The number of nitriles is 3. The fourth-order valence-electron chi connectivity index (χ4n) is 12.7. The molecule has 0 spiro atoms. The van der Waals surface area contributed by atoms with Crippen LogP contribution >= 0.6 is 34.0 Å². The van der Waals surface area contributed by atoms with Crippen molar-refractivity contribution in [3.05, 3.63) is 228 Å². The highest BCUT2D eigenvalue weighted by Gasteiger charge is 2.44. The van der Waals surface area contributed by atoms with Gasteiger partial charge in [0.25, 0.3) is 47.3 Å². The van der Waals surface area contributed by atoms with Crippen molar-refractivity contribution >= 4 is 121 Å². The average Bonchev–Trinajstić information content (AvgIpc) is 1.66. The van der Waals surface area contributed by atoms with Crippen LogP contribution in [0.25, 0.3) is 52.0 Å². The summed E-state index contributed by atoms with van der Waals surface area (Å²) in [6.45, 7) is 24.1. The third kappa shape index (κ3) is 21.7. The number of thiazole rings is 3. The third-order valence-electron chi connectivity index (χ3n) is 19.4. The summed E-state index contributed by atoms with van der Waals surface area (Å²) in [6.07, 6.45) is 17.7. The van der Waals surface area contributed by atoms with Crippen LogP contribution in [0.1, 0.15) is 182 Å². The molecule has 117 heavy (non-hydrogen) atoms. The van der Waals surface area contributed by atoms with E-state index in [9.17, 15) is 58.9 Å². The van der Waals surface area contributed by atoms with Gasteiger partial charge in [-0.05, 0) is 119 Å². The van der Waals surface area contributed by atoms with Gasteiger partial charge in [0.15, 0.2) is 15.4 Å². The van der Waals surface area contributed by atoms with Gasteiger partial charge < -0.3 is 14.7 Å². The largest absolute Gasteiger partial charge is 0.348 e. The molecular formula is C91H96N14O9S3. The van der Waals surface area contributed by atoms with Crippen LogP contribution in [0.3, 0.4) is 0 Å². The molecule has 11 rings (SSSR count). The van der Waals surface area contributed by atoms with Crippen LogP contribution in [-0.2, 0) is 33.6 Å². The molecule has 23 nitrogen and oxygen atoms in total. The zero-order valence-electron chi connectivity index (χ0n) is 67.7. The van der Waals surface area contributed by atoms with Gasteiger partial charge in [-0.1, -0.05) is 241 Å². The molecule has 3 aromatic heterocycles. The topological polar surface area (TPSA) is 307 Å². The minimum atomic E-state index is -1.04. The van der Waals surface area contributed by atoms with Gasteiger partial charge in [-0.3, -0.25) is 53.9 Å². The lowest BCUT2D eigenvalue weighted by Crippen LogP contribution is -2.57. The highest BCUT2D eigenvalue weighted by molar-refractivity contribution is 7.17. The van der Waals surface area contributed by atoms with Crippen molar-refractivity contribution in [2.45, 2.75) is 146 Å². The van der Waals surface area contributed by atoms with E-state index in [1.165, 1.54) is 53.1 Å². The predicted molar refractivity (Wildman–Crippen MR) is 462 cm³/mol. The van der Waals surface area contributed by atoms with E-state index in [2.05, 4.69) is 67.0 Å². The Balaban J connectivity index is 0.000000203. The Kier molecular flexibility index (Phi) is 32.6. The van der Waals surface area contributed by atoms with Gasteiger partial charge >= 0.3 is 0 Å². The van der Waals surface area contributed by atoms with Crippen molar-refractivity contribution in [1.82, 2.24) is 40.7 Å². The first-order valence-corrected chi connectivity index (χ1v) is 41.9. The fraction of sp³-hybridized carbons (Fsp3) is 0.308. The van der Waals surface area contributed by atoms with E-state index in [-0.39, 0.29) is 50.1 Å². The van der Waals surface area contributed by atoms with Gasteiger partial charge in [-0.25, -0.2) is 15.0 Å². The zero-order valence-corrected chi connectivity index (χ0v) is 70.1. The summed E-state index contributed by atoms with van der Waals surface area (Å²) < 4.78 is 0. The highest BCUT2D eigenvalue weighted by Crippen LogP contribution is 2.42. The van der Waals surface area contributed by atoms with Gasteiger partial charge in [0.2, 0.25) is 5.91 Å². The van der Waals surface area contributed by atoms with E-state index in [1.54, 1.807) is 80.6 Å². The van der Waals surface area contributed by atoms with Crippen molar-refractivity contribution in [3.63, 3.8) is 0 Å². The number of hydrogen-bond donors (Lipinski definition) is 2. The number of aromatic nitrogens is 3. The van der Waals surface area contributed by atoms with Gasteiger partial charge in [-0.2, -0.15) is 30.8 Å². The van der Waals surface area contributed by atoms with E-state index < -0.39 is 53.2 Å². The Labute approximate surface area is 695 Å². The molecule has 0 radical (unpaired) electrons. The number of benzene rings is 5. The molecule has 0 saturated carbocycles. The van der Waals surface area contributed by atoms with Crippen molar-refractivity contribution in [2.75, 3.05) is 54.0 Å². The quantitative estimate of drug-likeness (QED) is 0.0301. The van der Waals surface area contributed by atoms with Crippen molar-refractivity contribution < 1.29 is 43.2 Å². The lowest BCUT2D eigenvalue weighted by Gasteiger charge is -2.34. The van der Waals surface area contributed by atoms with E-state index in [4.69, 9.17) is 15.0 Å². The van der Waals surface area contributed by atoms with E-state index in [1.807, 2.05) is 109 Å². The molecule has 0 atom stereocenters. The number of nitrogens with zero attached hydrogens (tertiary/aromatic N) is 12. The molecular weight excluding hydrogens is 1530 g/mol. The first-order chi connectivity index (χ1) is 56.6. The van der Waals surface area contributed by atoms with Crippen LogP contribution in [0.4, 0.5) is 15.4 Å². The molecule has 0 fully saturated rings. The summed E-state index contributed by atoms with van der Waals surface area (Å²) in [5.74, 6) is -6.96.